The maximum absolute atomic E-state index is 12.4. The lowest BCUT2D eigenvalue weighted by molar-refractivity contribution is -0.138. The summed E-state index contributed by atoms with van der Waals surface area (Å²) in [5.74, 6) is -2.60. The molecule has 0 saturated carbocycles. The molecule has 0 aromatic heterocycles. The van der Waals surface area contributed by atoms with Crippen LogP contribution < -0.4 is 16.4 Å². The summed E-state index contributed by atoms with van der Waals surface area (Å²) in [5, 5.41) is 4.79. The van der Waals surface area contributed by atoms with E-state index in [0.29, 0.717) is 5.69 Å². The number of anilines is 1. The zero-order valence-electron chi connectivity index (χ0n) is 15.0. The van der Waals surface area contributed by atoms with E-state index in [1.54, 1.807) is 12.1 Å². The number of carbonyl (C=O) groups is 3. The molecule has 140 valence electrons. The second-order valence-electron chi connectivity index (χ2n) is 6.13. The van der Waals surface area contributed by atoms with Crippen molar-refractivity contribution in [2.45, 2.75) is 6.04 Å². The minimum absolute atomic E-state index is 0.234. The molecule has 0 spiro atoms. The lowest BCUT2D eigenvalue weighted by Gasteiger charge is -2.19. The van der Waals surface area contributed by atoms with Gasteiger partial charge < -0.3 is 11.1 Å². The van der Waals surface area contributed by atoms with Crippen molar-refractivity contribution >= 4 is 23.4 Å². The van der Waals surface area contributed by atoms with Gasteiger partial charge in [0.15, 0.2) is 0 Å². The molecule has 3 aromatic rings. The van der Waals surface area contributed by atoms with E-state index in [-0.39, 0.29) is 5.56 Å². The molecule has 0 aliphatic heterocycles. The Balaban J connectivity index is 1.73. The molecule has 0 aliphatic rings. The SMILES string of the molecule is Nc1ccc(C(=O)NC(=O)C(=O)NC(c2ccccc2)c2ccccc2)cc1. The highest BCUT2D eigenvalue weighted by atomic mass is 16.2. The van der Waals surface area contributed by atoms with E-state index in [0.717, 1.165) is 11.1 Å². The Hall–Kier alpha value is -3.93. The minimum Gasteiger partial charge on any atom is -0.399 e. The normalized spacial score (nSPS) is 10.3. The monoisotopic (exact) mass is 373 g/mol. The standard InChI is InChI=1S/C22H19N3O3/c23-18-13-11-17(12-14-18)20(26)25-22(28)21(27)24-19(15-7-3-1-4-8-15)16-9-5-2-6-10-16/h1-14,19H,23H2,(H,24,27)(H,25,26,28). The van der Waals surface area contributed by atoms with Gasteiger partial charge in [0.05, 0.1) is 6.04 Å². The number of carbonyl (C=O) groups excluding carboxylic acids is 3. The first kappa shape index (κ1) is 18.8. The molecule has 0 fully saturated rings. The number of benzene rings is 3. The van der Waals surface area contributed by atoms with E-state index in [9.17, 15) is 14.4 Å². The van der Waals surface area contributed by atoms with Gasteiger partial charge in [-0.15, -0.1) is 0 Å². The van der Waals surface area contributed by atoms with Crippen LogP contribution in [0.2, 0.25) is 0 Å². The van der Waals surface area contributed by atoms with Crippen LogP contribution in [0.25, 0.3) is 0 Å². The zero-order chi connectivity index (χ0) is 19.9. The van der Waals surface area contributed by atoms with E-state index in [2.05, 4.69) is 10.6 Å². The van der Waals surface area contributed by atoms with Crippen molar-refractivity contribution in [3.05, 3.63) is 102 Å². The zero-order valence-corrected chi connectivity index (χ0v) is 15.0. The fraction of sp³-hybridized carbons (Fsp3) is 0.0455. The number of rotatable bonds is 4. The lowest BCUT2D eigenvalue weighted by Crippen LogP contribution is -2.44. The molecule has 3 aromatic carbocycles. The van der Waals surface area contributed by atoms with Crippen LogP contribution in [0, 0.1) is 0 Å². The molecule has 28 heavy (non-hydrogen) atoms. The first-order valence-electron chi connectivity index (χ1n) is 8.66. The van der Waals surface area contributed by atoms with E-state index in [1.807, 2.05) is 60.7 Å². The van der Waals surface area contributed by atoms with Crippen molar-refractivity contribution < 1.29 is 14.4 Å². The second-order valence-corrected chi connectivity index (χ2v) is 6.13. The predicted molar refractivity (Wildman–Crippen MR) is 106 cm³/mol. The Labute approximate surface area is 162 Å². The summed E-state index contributed by atoms with van der Waals surface area (Å²) in [6.07, 6.45) is 0. The molecule has 0 aliphatic carbocycles. The molecular weight excluding hydrogens is 354 g/mol. The topological polar surface area (TPSA) is 101 Å². The number of amides is 3. The van der Waals surface area contributed by atoms with Crippen LogP contribution in [0.4, 0.5) is 5.69 Å². The summed E-state index contributed by atoms with van der Waals surface area (Å²) < 4.78 is 0. The number of nitrogens with one attached hydrogen (secondary N) is 2. The average Bonchev–Trinajstić information content (AvgIpc) is 2.73. The Morgan fingerprint density at radius 3 is 1.68 bits per heavy atom. The van der Waals surface area contributed by atoms with Gasteiger partial charge in [-0.25, -0.2) is 0 Å². The van der Waals surface area contributed by atoms with Crippen molar-refractivity contribution in [1.82, 2.24) is 10.6 Å². The van der Waals surface area contributed by atoms with Crippen molar-refractivity contribution in [2.75, 3.05) is 5.73 Å². The number of hydrogen-bond acceptors (Lipinski definition) is 4. The highest BCUT2D eigenvalue weighted by molar-refractivity contribution is 6.38. The average molecular weight is 373 g/mol. The molecule has 6 nitrogen and oxygen atoms in total. The second kappa shape index (κ2) is 8.64. The van der Waals surface area contributed by atoms with Gasteiger partial charge in [-0.1, -0.05) is 60.7 Å². The predicted octanol–water partition coefficient (Wildman–Crippen LogP) is 2.43. The molecule has 4 N–H and O–H groups in total. The highest BCUT2D eigenvalue weighted by Gasteiger charge is 2.23. The fourth-order valence-electron chi connectivity index (χ4n) is 2.71. The minimum atomic E-state index is -1.03. The Kier molecular flexibility index (Phi) is 5.81. The van der Waals surface area contributed by atoms with E-state index >= 15 is 0 Å². The molecule has 0 unspecified atom stereocenters. The summed E-state index contributed by atoms with van der Waals surface area (Å²) in [7, 11) is 0. The van der Waals surface area contributed by atoms with Gasteiger partial charge in [0, 0.05) is 11.3 Å². The van der Waals surface area contributed by atoms with Crippen LogP contribution in [-0.4, -0.2) is 17.7 Å². The molecule has 0 saturated heterocycles. The first-order valence-corrected chi connectivity index (χ1v) is 8.66. The largest absolute Gasteiger partial charge is 0.399 e. The Morgan fingerprint density at radius 1 is 0.679 bits per heavy atom. The first-order chi connectivity index (χ1) is 13.5. The van der Waals surface area contributed by atoms with E-state index < -0.39 is 23.8 Å². The van der Waals surface area contributed by atoms with Gasteiger partial charge in [-0.2, -0.15) is 0 Å². The summed E-state index contributed by atoms with van der Waals surface area (Å²) in [6, 6.07) is 24.1. The van der Waals surface area contributed by atoms with Gasteiger partial charge in [0.2, 0.25) is 0 Å². The van der Waals surface area contributed by atoms with Gasteiger partial charge in [0.25, 0.3) is 5.91 Å². The summed E-state index contributed by atoms with van der Waals surface area (Å²) in [6.45, 7) is 0. The van der Waals surface area contributed by atoms with Crippen LogP contribution in [0.15, 0.2) is 84.9 Å². The summed E-state index contributed by atoms with van der Waals surface area (Å²) >= 11 is 0. The third-order valence-corrected chi connectivity index (χ3v) is 4.15. The third-order valence-electron chi connectivity index (χ3n) is 4.15. The van der Waals surface area contributed by atoms with Gasteiger partial charge in [-0.3, -0.25) is 19.7 Å². The van der Waals surface area contributed by atoms with Crippen LogP contribution in [-0.2, 0) is 9.59 Å². The third kappa shape index (κ3) is 4.62. The van der Waals surface area contributed by atoms with E-state index in [4.69, 9.17) is 5.73 Å². The maximum atomic E-state index is 12.4. The molecule has 6 heteroatoms. The molecule has 3 rings (SSSR count). The Morgan fingerprint density at radius 2 is 1.18 bits per heavy atom. The molecule has 0 heterocycles. The van der Waals surface area contributed by atoms with E-state index in [1.165, 1.54) is 12.1 Å². The molecule has 0 atom stereocenters. The number of imide groups is 1. The summed E-state index contributed by atoms with van der Waals surface area (Å²) in [5.41, 5.74) is 7.95. The quantitative estimate of drug-likeness (QED) is 0.483. The van der Waals surface area contributed by atoms with Crippen LogP contribution in [0.3, 0.4) is 0 Å². The Bertz CT molecular complexity index is 931. The van der Waals surface area contributed by atoms with Crippen molar-refractivity contribution in [2.24, 2.45) is 0 Å². The molecule has 0 bridgehead atoms. The van der Waals surface area contributed by atoms with Crippen LogP contribution in [0.5, 0.6) is 0 Å². The molecular formula is C22H19N3O3. The van der Waals surface area contributed by atoms with Gasteiger partial charge in [0.1, 0.15) is 0 Å². The van der Waals surface area contributed by atoms with Crippen molar-refractivity contribution in [1.29, 1.82) is 0 Å². The van der Waals surface area contributed by atoms with Crippen molar-refractivity contribution in [3.8, 4) is 0 Å². The van der Waals surface area contributed by atoms with Crippen molar-refractivity contribution in [3.63, 3.8) is 0 Å². The fourth-order valence-corrected chi connectivity index (χ4v) is 2.71. The number of hydrogen-bond donors (Lipinski definition) is 3. The van der Waals surface area contributed by atoms with Crippen LogP contribution in [0.1, 0.15) is 27.5 Å². The van der Waals surface area contributed by atoms with Gasteiger partial charge in [-0.05, 0) is 35.4 Å². The smallest absolute Gasteiger partial charge is 0.316 e. The lowest BCUT2D eigenvalue weighted by atomic mass is 9.99. The summed E-state index contributed by atoms with van der Waals surface area (Å²) in [4.78, 5) is 36.8. The number of nitrogen functional groups attached to an aromatic ring is 1. The molecule has 3 amide bonds. The van der Waals surface area contributed by atoms with Crippen LogP contribution >= 0.6 is 0 Å². The molecule has 0 radical (unpaired) electrons. The van der Waals surface area contributed by atoms with Gasteiger partial charge >= 0.3 is 11.8 Å². The number of nitrogens with two attached hydrogens (primary N) is 1. The maximum Gasteiger partial charge on any atom is 0.316 e. The highest BCUT2D eigenvalue weighted by Crippen LogP contribution is 2.21.